The maximum absolute atomic E-state index is 5.40. The Balaban J connectivity index is 1.24. The molecular formula is C46H26N4. The lowest BCUT2D eigenvalue weighted by Crippen LogP contribution is -2.03. The minimum atomic E-state index is 0.671. The summed E-state index contributed by atoms with van der Waals surface area (Å²) in [4.78, 5) is 10.8. The van der Waals surface area contributed by atoms with Crippen LogP contribution < -0.4 is 0 Å². The molecule has 0 N–H and O–H groups in total. The van der Waals surface area contributed by atoms with E-state index < -0.39 is 0 Å². The highest BCUT2D eigenvalue weighted by Crippen LogP contribution is 2.43. The number of hydrogen-bond acceptors (Lipinski definition) is 2. The predicted octanol–water partition coefficient (Wildman–Crippen LogP) is 11.9. The van der Waals surface area contributed by atoms with Crippen molar-refractivity contribution in [2.24, 2.45) is 0 Å². The van der Waals surface area contributed by atoms with Crippen LogP contribution in [0.3, 0.4) is 0 Å². The van der Waals surface area contributed by atoms with Gasteiger partial charge in [0.25, 0.3) is 0 Å². The summed E-state index contributed by atoms with van der Waals surface area (Å²) in [6.07, 6.45) is 0. The summed E-state index contributed by atoms with van der Waals surface area (Å²) >= 11 is 0. The fourth-order valence-electron chi connectivity index (χ4n) is 8.68. The molecule has 0 bridgehead atoms. The third kappa shape index (κ3) is 3.30. The lowest BCUT2D eigenvalue weighted by molar-refractivity contribution is 1.02. The van der Waals surface area contributed by atoms with Gasteiger partial charge < -0.3 is 4.40 Å². The minimum Gasteiger partial charge on any atom is -0.307 e. The smallest absolute Gasteiger partial charge is 0.235 e. The van der Waals surface area contributed by atoms with E-state index in [0.717, 1.165) is 38.6 Å². The first-order valence-electron chi connectivity index (χ1n) is 17.1. The highest BCUT2D eigenvalue weighted by molar-refractivity contribution is 6.28. The molecule has 0 saturated carbocycles. The molecule has 0 spiro atoms. The van der Waals surface area contributed by atoms with E-state index in [2.05, 4.69) is 167 Å². The first-order valence-corrected chi connectivity index (χ1v) is 17.1. The van der Waals surface area contributed by atoms with Crippen molar-refractivity contribution >= 4 is 92.3 Å². The second-order valence-electron chi connectivity index (χ2n) is 13.4. The molecule has 8 aromatic carbocycles. The summed E-state index contributed by atoms with van der Waals surface area (Å²) in [5.74, 6) is 0.671. The number of para-hydroxylation sites is 3. The van der Waals surface area contributed by atoms with Crippen LogP contribution in [-0.2, 0) is 0 Å². The molecule has 0 aliphatic carbocycles. The Bertz CT molecular complexity index is 3370. The molecule has 0 unspecified atom stereocenters. The summed E-state index contributed by atoms with van der Waals surface area (Å²) in [5, 5.41) is 13.3. The summed E-state index contributed by atoms with van der Waals surface area (Å²) < 4.78 is 4.76. The normalized spacial score (nSPS) is 12.4. The number of fused-ring (bicyclic) bond motifs is 14. The van der Waals surface area contributed by atoms with Crippen LogP contribution in [0, 0.1) is 0 Å². The largest absolute Gasteiger partial charge is 0.307 e. The molecule has 0 aliphatic rings. The van der Waals surface area contributed by atoms with E-state index in [9.17, 15) is 0 Å². The average Bonchev–Trinajstić information content (AvgIpc) is 3.82. The van der Waals surface area contributed by atoms with Crippen molar-refractivity contribution in [3.63, 3.8) is 0 Å². The Morgan fingerprint density at radius 2 is 0.980 bits per heavy atom. The van der Waals surface area contributed by atoms with E-state index in [1.807, 2.05) is 0 Å². The van der Waals surface area contributed by atoms with Gasteiger partial charge >= 0.3 is 0 Å². The number of nitrogens with zero attached hydrogens (tertiary/aromatic N) is 4. The van der Waals surface area contributed by atoms with E-state index in [0.29, 0.717) is 5.95 Å². The highest BCUT2D eigenvalue weighted by Gasteiger charge is 2.22. The molecule has 12 aromatic rings. The lowest BCUT2D eigenvalue weighted by atomic mass is 10.0. The van der Waals surface area contributed by atoms with Crippen LogP contribution in [0.1, 0.15) is 0 Å². The van der Waals surface area contributed by atoms with Crippen molar-refractivity contribution in [3.05, 3.63) is 158 Å². The van der Waals surface area contributed by atoms with Gasteiger partial charge in [-0.25, -0.2) is 9.97 Å². The molecule has 4 nitrogen and oxygen atoms in total. The molecule has 0 saturated heterocycles. The standard InChI is InChI=1S/C46H26N4/c1-2-12-28(13-3-1)42-36-24-21-27-11-4-5-14-30(27)43(36)48-46(47-42)49-39-19-8-7-16-32(39)38-26-37-29(25-41(38)49)22-23-35-34-18-10-17-33-31-15-6-9-20-40(31)50(44(33)34)45(35)37/h1-26H. The Morgan fingerprint density at radius 3 is 1.84 bits per heavy atom. The summed E-state index contributed by atoms with van der Waals surface area (Å²) in [6, 6.07) is 56.9. The molecule has 4 heterocycles. The van der Waals surface area contributed by atoms with E-state index in [4.69, 9.17) is 9.97 Å². The zero-order valence-electron chi connectivity index (χ0n) is 26.8. The van der Waals surface area contributed by atoms with Gasteiger partial charge in [-0.3, -0.25) is 4.57 Å². The van der Waals surface area contributed by atoms with Crippen LogP contribution in [0.5, 0.6) is 0 Å². The van der Waals surface area contributed by atoms with Gasteiger partial charge in [0.2, 0.25) is 5.95 Å². The lowest BCUT2D eigenvalue weighted by Gasteiger charge is -2.13. The topological polar surface area (TPSA) is 35.1 Å². The van der Waals surface area contributed by atoms with Crippen molar-refractivity contribution in [3.8, 4) is 17.2 Å². The van der Waals surface area contributed by atoms with Gasteiger partial charge in [-0.15, -0.1) is 0 Å². The summed E-state index contributed by atoms with van der Waals surface area (Å²) in [7, 11) is 0. The van der Waals surface area contributed by atoms with E-state index in [-0.39, 0.29) is 0 Å². The molecule has 50 heavy (non-hydrogen) atoms. The van der Waals surface area contributed by atoms with Crippen molar-refractivity contribution in [1.29, 1.82) is 0 Å². The van der Waals surface area contributed by atoms with Crippen LogP contribution in [0.4, 0.5) is 0 Å². The van der Waals surface area contributed by atoms with Crippen LogP contribution in [-0.4, -0.2) is 18.9 Å². The van der Waals surface area contributed by atoms with Gasteiger partial charge in [-0.05, 0) is 41.1 Å². The second-order valence-corrected chi connectivity index (χ2v) is 13.4. The molecule has 4 aromatic heterocycles. The molecule has 12 rings (SSSR count). The predicted molar refractivity (Wildman–Crippen MR) is 209 cm³/mol. The number of aromatic nitrogens is 4. The first-order chi connectivity index (χ1) is 24.8. The maximum atomic E-state index is 5.40. The Morgan fingerprint density at radius 1 is 0.360 bits per heavy atom. The van der Waals surface area contributed by atoms with E-state index >= 15 is 0 Å². The third-order valence-corrected chi connectivity index (χ3v) is 10.8. The van der Waals surface area contributed by atoms with E-state index in [1.165, 1.54) is 65.0 Å². The first kappa shape index (κ1) is 26.2. The van der Waals surface area contributed by atoms with Crippen molar-refractivity contribution < 1.29 is 0 Å². The quantitative estimate of drug-likeness (QED) is 0.177. The van der Waals surface area contributed by atoms with Crippen molar-refractivity contribution in [2.45, 2.75) is 0 Å². The van der Waals surface area contributed by atoms with Crippen LogP contribution in [0.25, 0.3) is 110 Å². The summed E-state index contributed by atoms with van der Waals surface area (Å²) in [6.45, 7) is 0. The Labute approximate surface area is 285 Å². The number of hydrogen-bond donors (Lipinski definition) is 0. The maximum Gasteiger partial charge on any atom is 0.235 e. The summed E-state index contributed by atoms with van der Waals surface area (Å²) in [5.41, 5.74) is 8.94. The fourth-order valence-corrected chi connectivity index (χ4v) is 8.68. The molecule has 230 valence electrons. The molecule has 0 amide bonds. The van der Waals surface area contributed by atoms with E-state index in [1.54, 1.807) is 0 Å². The highest BCUT2D eigenvalue weighted by atomic mass is 15.2. The minimum absolute atomic E-state index is 0.671. The fraction of sp³-hybridized carbons (Fsp3) is 0. The monoisotopic (exact) mass is 634 g/mol. The average molecular weight is 635 g/mol. The zero-order chi connectivity index (χ0) is 32.5. The van der Waals surface area contributed by atoms with Gasteiger partial charge in [0, 0.05) is 54.0 Å². The van der Waals surface area contributed by atoms with Crippen LogP contribution in [0.15, 0.2) is 158 Å². The van der Waals surface area contributed by atoms with Gasteiger partial charge in [0.15, 0.2) is 0 Å². The molecular weight excluding hydrogens is 609 g/mol. The zero-order valence-corrected chi connectivity index (χ0v) is 26.8. The number of rotatable bonds is 2. The molecule has 0 aliphatic heterocycles. The second kappa shape index (κ2) is 9.43. The Hall–Kier alpha value is -6.78. The van der Waals surface area contributed by atoms with Crippen LogP contribution >= 0.6 is 0 Å². The van der Waals surface area contributed by atoms with Crippen molar-refractivity contribution in [2.75, 3.05) is 0 Å². The third-order valence-electron chi connectivity index (χ3n) is 10.8. The van der Waals surface area contributed by atoms with Crippen molar-refractivity contribution in [1.82, 2.24) is 18.9 Å². The molecule has 0 fully saturated rings. The van der Waals surface area contributed by atoms with Gasteiger partial charge in [0.05, 0.1) is 38.8 Å². The van der Waals surface area contributed by atoms with Crippen LogP contribution in [0.2, 0.25) is 0 Å². The van der Waals surface area contributed by atoms with Gasteiger partial charge in [-0.1, -0.05) is 127 Å². The molecule has 0 radical (unpaired) electrons. The SMILES string of the molecule is c1ccc(-c2nc(-n3c4ccccc4c4cc5c(ccc6c7cccc8c9ccccc9n(c56)c87)cc43)nc3c2ccc2ccccc23)cc1. The molecule has 0 atom stereocenters. The number of benzene rings is 8. The molecule has 4 heteroatoms. The van der Waals surface area contributed by atoms with Gasteiger partial charge in [0.1, 0.15) is 0 Å². The van der Waals surface area contributed by atoms with Gasteiger partial charge in [-0.2, -0.15) is 0 Å². The Kier molecular flexibility index (Phi) is 4.94.